The largest absolute Gasteiger partial charge is 0.456 e. The van der Waals surface area contributed by atoms with Crippen LogP contribution in [0.2, 0.25) is 0 Å². The summed E-state index contributed by atoms with van der Waals surface area (Å²) in [4.78, 5) is 4.65. The molecule has 0 saturated carbocycles. The average molecular weight is 794 g/mol. The van der Waals surface area contributed by atoms with Gasteiger partial charge in [-0.25, -0.2) is 0 Å². The third-order valence-corrected chi connectivity index (χ3v) is 12.1. The molecule has 0 radical (unpaired) electrons. The lowest BCUT2D eigenvalue weighted by atomic mass is 10.0. The number of fused-ring (bicyclic) bond motifs is 8. The Hall–Kier alpha value is -8.34. The van der Waals surface area contributed by atoms with E-state index in [4.69, 9.17) is 4.42 Å². The molecule has 292 valence electrons. The van der Waals surface area contributed by atoms with Crippen LogP contribution in [-0.4, -0.2) is 4.57 Å². The first-order valence-corrected chi connectivity index (χ1v) is 21.1. The first-order chi connectivity index (χ1) is 30.7. The van der Waals surface area contributed by atoms with Crippen LogP contribution < -0.4 is 9.80 Å². The molecule has 0 N–H and O–H groups in total. The van der Waals surface area contributed by atoms with Crippen LogP contribution in [0.5, 0.6) is 0 Å². The highest BCUT2D eigenvalue weighted by atomic mass is 16.3. The minimum Gasteiger partial charge on any atom is -0.456 e. The van der Waals surface area contributed by atoms with E-state index < -0.39 is 0 Å². The van der Waals surface area contributed by atoms with Crippen LogP contribution in [0, 0.1) is 0 Å². The summed E-state index contributed by atoms with van der Waals surface area (Å²) in [6, 6.07) is 84.5. The van der Waals surface area contributed by atoms with E-state index in [1.165, 1.54) is 32.6 Å². The molecule has 2 aromatic heterocycles. The standard InChI is InChI=1S/C58H39N3O/c1-4-15-43(16-5-1)59(48-34-37-54-53(38-48)58-50-21-11-10-14-42(50)28-36-55(58)61(54)45-19-8-3-9-20-45)46-29-24-40(25-30-46)41-26-31-47(32-27-41)60(44-17-6-2-7-18-44)49-33-35-52-51-22-12-13-23-56(51)62-57(52)39-49/h1-39H. The van der Waals surface area contributed by atoms with E-state index in [1.807, 2.05) is 12.1 Å². The summed E-state index contributed by atoms with van der Waals surface area (Å²) in [6.07, 6.45) is 0. The highest BCUT2D eigenvalue weighted by Gasteiger charge is 2.20. The van der Waals surface area contributed by atoms with Crippen molar-refractivity contribution in [2.75, 3.05) is 9.80 Å². The van der Waals surface area contributed by atoms with E-state index in [0.29, 0.717) is 0 Å². The van der Waals surface area contributed by atoms with Gasteiger partial charge in [-0.15, -0.1) is 0 Å². The molecular formula is C58H39N3O. The minimum absolute atomic E-state index is 0.873. The van der Waals surface area contributed by atoms with Crippen LogP contribution >= 0.6 is 0 Å². The number of benzene rings is 10. The number of anilines is 6. The summed E-state index contributed by atoms with van der Waals surface area (Å²) in [5, 5.41) is 7.21. The molecule has 12 rings (SSSR count). The number of furan rings is 1. The third-order valence-electron chi connectivity index (χ3n) is 12.1. The number of para-hydroxylation sites is 4. The van der Waals surface area contributed by atoms with Crippen molar-refractivity contribution in [1.29, 1.82) is 0 Å². The summed E-state index contributed by atoms with van der Waals surface area (Å²) < 4.78 is 8.71. The van der Waals surface area contributed by atoms with Crippen molar-refractivity contribution in [3.63, 3.8) is 0 Å². The Morgan fingerprint density at radius 3 is 1.45 bits per heavy atom. The molecule has 0 atom stereocenters. The number of aromatic nitrogens is 1. The lowest BCUT2D eigenvalue weighted by molar-refractivity contribution is 0.669. The normalized spacial score (nSPS) is 11.5. The number of hydrogen-bond acceptors (Lipinski definition) is 3. The van der Waals surface area contributed by atoms with E-state index in [0.717, 1.165) is 72.9 Å². The van der Waals surface area contributed by atoms with Gasteiger partial charge in [0.2, 0.25) is 0 Å². The van der Waals surface area contributed by atoms with Gasteiger partial charge in [0, 0.05) is 67.4 Å². The first-order valence-electron chi connectivity index (χ1n) is 21.1. The van der Waals surface area contributed by atoms with Gasteiger partial charge in [0.25, 0.3) is 0 Å². The Labute approximate surface area is 359 Å². The van der Waals surface area contributed by atoms with Gasteiger partial charge in [-0.05, 0) is 125 Å². The molecular weight excluding hydrogens is 755 g/mol. The summed E-state index contributed by atoms with van der Waals surface area (Å²) in [6.45, 7) is 0. The van der Waals surface area contributed by atoms with Crippen molar-refractivity contribution in [2.24, 2.45) is 0 Å². The first kappa shape index (κ1) is 35.6. The maximum Gasteiger partial charge on any atom is 0.137 e. The van der Waals surface area contributed by atoms with Crippen molar-refractivity contribution in [1.82, 2.24) is 4.57 Å². The van der Waals surface area contributed by atoms with Gasteiger partial charge in [-0.1, -0.05) is 127 Å². The molecule has 0 bridgehead atoms. The quantitative estimate of drug-likeness (QED) is 0.153. The van der Waals surface area contributed by atoms with E-state index in [2.05, 4.69) is 239 Å². The molecule has 0 aliphatic heterocycles. The van der Waals surface area contributed by atoms with Gasteiger partial charge < -0.3 is 18.8 Å². The fraction of sp³-hybridized carbons (Fsp3) is 0. The van der Waals surface area contributed by atoms with E-state index in [-0.39, 0.29) is 0 Å². The zero-order valence-electron chi connectivity index (χ0n) is 33.8. The summed E-state index contributed by atoms with van der Waals surface area (Å²) >= 11 is 0. The highest BCUT2D eigenvalue weighted by molar-refractivity contribution is 6.22. The van der Waals surface area contributed by atoms with Crippen molar-refractivity contribution >= 4 is 88.6 Å². The molecule has 4 nitrogen and oxygen atoms in total. The molecule has 0 amide bonds. The number of rotatable bonds is 8. The third kappa shape index (κ3) is 6.00. The monoisotopic (exact) mass is 793 g/mol. The molecule has 0 aliphatic rings. The van der Waals surface area contributed by atoms with Crippen LogP contribution in [0.15, 0.2) is 241 Å². The second-order valence-electron chi connectivity index (χ2n) is 15.8. The van der Waals surface area contributed by atoms with Crippen molar-refractivity contribution in [3.05, 3.63) is 237 Å². The lowest BCUT2D eigenvalue weighted by Gasteiger charge is -2.26. The molecule has 0 aliphatic carbocycles. The average Bonchev–Trinajstić information content (AvgIpc) is 3.89. The Morgan fingerprint density at radius 2 is 0.790 bits per heavy atom. The van der Waals surface area contributed by atoms with Gasteiger partial charge in [0.15, 0.2) is 0 Å². The van der Waals surface area contributed by atoms with Crippen LogP contribution in [-0.2, 0) is 0 Å². The predicted octanol–water partition coefficient (Wildman–Crippen LogP) is 16.4. The van der Waals surface area contributed by atoms with Crippen molar-refractivity contribution in [3.8, 4) is 16.8 Å². The van der Waals surface area contributed by atoms with E-state index in [1.54, 1.807) is 0 Å². The maximum absolute atomic E-state index is 6.31. The van der Waals surface area contributed by atoms with Crippen LogP contribution in [0.1, 0.15) is 0 Å². The maximum atomic E-state index is 6.31. The molecule has 0 unspecified atom stereocenters. The van der Waals surface area contributed by atoms with Crippen molar-refractivity contribution in [2.45, 2.75) is 0 Å². The van der Waals surface area contributed by atoms with Crippen LogP contribution in [0.4, 0.5) is 34.1 Å². The second kappa shape index (κ2) is 14.7. The molecule has 4 heteroatoms. The highest BCUT2D eigenvalue weighted by Crippen LogP contribution is 2.43. The molecule has 12 aromatic rings. The lowest BCUT2D eigenvalue weighted by Crippen LogP contribution is -2.10. The van der Waals surface area contributed by atoms with Gasteiger partial charge in [-0.3, -0.25) is 0 Å². The smallest absolute Gasteiger partial charge is 0.137 e. The SMILES string of the molecule is c1ccc(N(c2ccc(-c3ccc(N(c4ccccc4)c4ccc5c(c4)c4c6ccccc6ccc4n5-c4ccccc4)cc3)cc2)c2ccc3c(c2)oc2ccccc23)cc1. The minimum atomic E-state index is 0.873. The molecule has 0 fully saturated rings. The number of hydrogen-bond donors (Lipinski definition) is 0. The summed E-state index contributed by atoms with van der Waals surface area (Å²) in [7, 11) is 0. The number of nitrogens with zero attached hydrogens (tertiary/aromatic N) is 3. The van der Waals surface area contributed by atoms with Crippen molar-refractivity contribution < 1.29 is 4.42 Å². The Bertz CT molecular complexity index is 3560. The van der Waals surface area contributed by atoms with E-state index >= 15 is 0 Å². The summed E-state index contributed by atoms with van der Waals surface area (Å²) in [5.41, 5.74) is 14.1. The fourth-order valence-corrected chi connectivity index (χ4v) is 9.28. The second-order valence-corrected chi connectivity index (χ2v) is 15.8. The van der Waals surface area contributed by atoms with Gasteiger partial charge in [0.1, 0.15) is 11.2 Å². The fourth-order valence-electron chi connectivity index (χ4n) is 9.28. The van der Waals surface area contributed by atoms with Gasteiger partial charge in [-0.2, -0.15) is 0 Å². The molecule has 0 spiro atoms. The van der Waals surface area contributed by atoms with Gasteiger partial charge >= 0.3 is 0 Å². The van der Waals surface area contributed by atoms with Gasteiger partial charge in [0.05, 0.1) is 11.0 Å². The topological polar surface area (TPSA) is 24.6 Å². The zero-order chi connectivity index (χ0) is 41.0. The molecule has 0 saturated heterocycles. The molecule has 2 heterocycles. The van der Waals surface area contributed by atoms with Crippen LogP contribution in [0.3, 0.4) is 0 Å². The predicted molar refractivity (Wildman–Crippen MR) is 260 cm³/mol. The van der Waals surface area contributed by atoms with E-state index in [9.17, 15) is 0 Å². The van der Waals surface area contributed by atoms with Crippen LogP contribution in [0.25, 0.3) is 71.3 Å². The Balaban J connectivity index is 0.923. The molecule has 62 heavy (non-hydrogen) atoms. The Kier molecular flexibility index (Phi) is 8.46. The zero-order valence-corrected chi connectivity index (χ0v) is 33.8. The molecule has 10 aromatic carbocycles. The Morgan fingerprint density at radius 1 is 0.306 bits per heavy atom. The summed E-state index contributed by atoms with van der Waals surface area (Å²) in [5.74, 6) is 0.